The third kappa shape index (κ3) is 10.7. The van der Waals surface area contributed by atoms with Gasteiger partial charge in [0, 0.05) is 16.6 Å². The maximum Gasteiger partial charge on any atom is 0.328 e. The van der Waals surface area contributed by atoms with Crippen LogP contribution >= 0.6 is 15.9 Å². The number of carbonyl (C=O) groups is 3. The van der Waals surface area contributed by atoms with Crippen LogP contribution in [0.15, 0.2) is 58.0 Å². The van der Waals surface area contributed by atoms with Crippen molar-refractivity contribution in [3.05, 3.63) is 69.7 Å². The standard InChI is InChI=1S/C32H44BrN7O4/c1-2-44-31(43)26(12-7-17-38-32(36)37)39-30(42)27(21-8-4-3-5-9-21)40-29(41)25(23-10-6-11-24(33)19-23)18-20-13-15-22(16-14-20)28(34)35/h6,10-11,13-16,19,21,25-27H,2-5,7-9,12,17-18H2,1H3,(H3,34,35)(H,39,42)(H,40,41)(H4,36,37,38)/t25-,26?,27-/m0/s1. The molecular formula is C32H44BrN7O4. The summed E-state index contributed by atoms with van der Waals surface area (Å²) >= 11 is 3.52. The number of halogens is 1. The number of hydrogen-bond acceptors (Lipinski definition) is 6. The third-order valence-corrected chi connectivity index (χ3v) is 8.30. The average molecular weight is 671 g/mol. The molecule has 12 heteroatoms. The van der Waals surface area contributed by atoms with Gasteiger partial charge in [0.15, 0.2) is 5.96 Å². The number of carbonyl (C=O) groups excluding carboxylic acids is 3. The first-order valence-electron chi connectivity index (χ1n) is 15.1. The van der Waals surface area contributed by atoms with Crippen molar-refractivity contribution in [3.63, 3.8) is 0 Å². The Labute approximate surface area is 267 Å². The number of benzene rings is 2. The van der Waals surface area contributed by atoms with E-state index in [0.29, 0.717) is 24.9 Å². The van der Waals surface area contributed by atoms with Crippen LogP contribution in [0.5, 0.6) is 0 Å². The number of hydrogen-bond donors (Lipinski definition) is 6. The van der Waals surface area contributed by atoms with Gasteiger partial charge in [-0.2, -0.15) is 0 Å². The van der Waals surface area contributed by atoms with Gasteiger partial charge >= 0.3 is 5.97 Å². The zero-order valence-corrected chi connectivity index (χ0v) is 26.8. The number of nitrogen functional groups attached to an aromatic ring is 1. The van der Waals surface area contributed by atoms with Crippen LogP contribution in [0.3, 0.4) is 0 Å². The van der Waals surface area contributed by atoms with E-state index in [-0.39, 0.29) is 36.6 Å². The number of amides is 2. The van der Waals surface area contributed by atoms with E-state index in [1.165, 1.54) is 0 Å². The Hall–Kier alpha value is -3.93. The van der Waals surface area contributed by atoms with Crippen LogP contribution in [0, 0.1) is 11.3 Å². The van der Waals surface area contributed by atoms with Crippen LogP contribution in [0.4, 0.5) is 0 Å². The van der Waals surface area contributed by atoms with Crippen LogP contribution in [0.25, 0.3) is 0 Å². The Morgan fingerprint density at radius 1 is 1.02 bits per heavy atom. The van der Waals surface area contributed by atoms with Gasteiger partial charge in [-0.1, -0.05) is 71.6 Å². The molecule has 0 heterocycles. The first-order chi connectivity index (χ1) is 21.1. The number of guanidine groups is 1. The van der Waals surface area contributed by atoms with E-state index in [9.17, 15) is 14.4 Å². The largest absolute Gasteiger partial charge is 0.464 e. The molecule has 1 aliphatic rings. The second-order valence-corrected chi connectivity index (χ2v) is 12.0. The van der Waals surface area contributed by atoms with Crippen molar-refractivity contribution in [2.24, 2.45) is 28.1 Å². The summed E-state index contributed by atoms with van der Waals surface area (Å²) in [4.78, 5) is 44.7. The van der Waals surface area contributed by atoms with E-state index >= 15 is 0 Å². The van der Waals surface area contributed by atoms with Gasteiger partial charge in [0.2, 0.25) is 11.8 Å². The van der Waals surface area contributed by atoms with Crippen molar-refractivity contribution in [2.45, 2.75) is 76.3 Å². The highest BCUT2D eigenvalue weighted by molar-refractivity contribution is 9.10. The molecule has 0 aromatic heterocycles. The fraction of sp³-hybridized carbons (Fsp3) is 0.469. The predicted molar refractivity (Wildman–Crippen MR) is 175 cm³/mol. The number of nitrogens with zero attached hydrogens (tertiary/aromatic N) is 1. The first-order valence-corrected chi connectivity index (χ1v) is 15.9. The van der Waals surface area contributed by atoms with Gasteiger partial charge < -0.3 is 32.6 Å². The molecule has 0 radical (unpaired) electrons. The molecule has 238 valence electrons. The second kappa shape index (κ2) is 17.4. The minimum atomic E-state index is -0.902. The fourth-order valence-corrected chi connectivity index (χ4v) is 5.93. The van der Waals surface area contributed by atoms with Crippen molar-refractivity contribution < 1.29 is 19.1 Å². The number of aliphatic imine (C=N–C) groups is 1. The van der Waals surface area contributed by atoms with Crippen molar-refractivity contribution >= 4 is 45.5 Å². The lowest BCUT2D eigenvalue weighted by molar-refractivity contribution is -0.148. The van der Waals surface area contributed by atoms with Gasteiger partial charge in [-0.05, 0) is 68.2 Å². The number of rotatable bonds is 15. The lowest BCUT2D eigenvalue weighted by atomic mass is 9.82. The van der Waals surface area contributed by atoms with Gasteiger partial charge in [-0.25, -0.2) is 4.79 Å². The molecule has 1 aliphatic carbocycles. The van der Waals surface area contributed by atoms with Crippen LogP contribution < -0.4 is 27.8 Å². The number of esters is 1. The maximum atomic E-state index is 14.1. The molecule has 0 spiro atoms. The molecular weight excluding hydrogens is 626 g/mol. The van der Waals surface area contributed by atoms with Crippen molar-refractivity contribution in [3.8, 4) is 0 Å². The van der Waals surface area contributed by atoms with Gasteiger partial charge in [0.25, 0.3) is 0 Å². The first kappa shape index (κ1) is 34.6. The monoisotopic (exact) mass is 669 g/mol. The zero-order valence-electron chi connectivity index (χ0n) is 25.2. The topological polar surface area (TPSA) is 199 Å². The molecule has 2 aromatic rings. The lowest BCUT2D eigenvalue weighted by Crippen LogP contribution is -2.55. The summed E-state index contributed by atoms with van der Waals surface area (Å²) in [5.41, 5.74) is 18.7. The minimum Gasteiger partial charge on any atom is -0.464 e. The predicted octanol–water partition coefficient (Wildman–Crippen LogP) is 3.23. The summed E-state index contributed by atoms with van der Waals surface area (Å²) in [6.45, 7) is 2.18. The molecule has 9 N–H and O–H groups in total. The normalized spacial score (nSPS) is 15.3. The highest BCUT2D eigenvalue weighted by Crippen LogP contribution is 2.29. The molecule has 0 saturated heterocycles. The van der Waals surface area contributed by atoms with Crippen LogP contribution in [-0.4, -0.2) is 54.8 Å². The van der Waals surface area contributed by atoms with Crippen molar-refractivity contribution in [1.29, 1.82) is 5.41 Å². The van der Waals surface area contributed by atoms with Crippen LogP contribution in [0.2, 0.25) is 0 Å². The van der Waals surface area contributed by atoms with Crippen molar-refractivity contribution in [2.75, 3.05) is 13.2 Å². The molecule has 3 rings (SSSR count). The van der Waals surface area contributed by atoms with E-state index in [4.69, 9.17) is 27.3 Å². The van der Waals surface area contributed by atoms with E-state index in [2.05, 4.69) is 31.6 Å². The zero-order chi connectivity index (χ0) is 32.1. The molecule has 0 aliphatic heterocycles. The summed E-state index contributed by atoms with van der Waals surface area (Å²) in [5, 5.41) is 13.6. The molecule has 3 atom stereocenters. The molecule has 0 bridgehead atoms. The fourth-order valence-electron chi connectivity index (χ4n) is 5.52. The van der Waals surface area contributed by atoms with Crippen LogP contribution in [0.1, 0.15) is 74.5 Å². The molecule has 1 fully saturated rings. The third-order valence-electron chi connectivity index (χ3n) is 7.81. The Kier molecular flexibility index (Phi) is 13.7. The second-order valence-electron chi connectivity index (χ2n) is 11.1. The number of nitrogens with two attached hydrogens (primary N) is 3. The molecule has 2 aromatic carbocycles. The van der Waals surface area contributed by atoms with E-state index in [0.717, 1.165) is 47.7 Å². The minimum absolute atomic E-state index is 0.0310. The van der Waals surface area contributed by atoms with E-state index < -0.39 is 29.9 Å². The molecule has 11 nitrogen and oxygen atoms in total. The summed E-state index contributed by atoms with van der Waals surface area (Å²) in [6, 6.07) is 13.0. The summed E-state index contributed by atoms with van der Waals surface area (Å²) < 4.78 is 6.07. The molecule has 1 unspecified atom stereocenters. The maximum absolute atomic E-state index is 14.1. The smallest absolute Gasteiger partial charge is 0.328 e. The summed E-state index contributed by atoms with van der Waals surface area (Å²) in [5.74, 6) is -1.99. The highest BCUT2D eigenvalue weighted by Gasteiger charge is 2.35. The van der Waals surface area contributed by atoms with Gasteiger partial charge in [0.1, 0.15) is 17.9 Å². The Morgan fingerprint density at radius 2 is 1.73 bits per heavy atom. The van der Waals surface area contributed by atoms with E-state index in [1.54, 1.807) is 19.1 Å². The molecule has 44 heavy (non-hydrogen) atoms. The SMILES string of the molecule is CCOC(=O)C(CCCN=C(N)N)NC(=O)[C@@H](NC(=O)[C@@H](Cc1ccc(C(=N)N)cc1)c1cccc(Br)c1)C1CCCCC1. The van der Waals surface area contributed by atoms with Crippen molar-refractivity contribution in [1.82, 2.24) is 10.6 Å². The quantitative estimate of drug-likeness (QED) is 0.0723. The van der Waals surface area contributed by atoms with E-state index in [1.807, 2.05) is 36.4 Å². The Bertz CT molecular complexity index is 1310. The number of amidine groups is 1. The average Bonchev–Trinajstić information content (AvgIpc) is 3.00. The Morgan fingerprint density at radius 3 is 2.34 bits per heavy atom. The van der Waals surface area contributed by atoms with Crippen LogP contribution in [-0.2, 0) is 25.5 Å². The van der Waals surface area contributed by atoms with Gasteiger partial charge in [-0.3, -0.25) is 20.0 Å². The molecule has 1 saturated carbocycles. The summed E-state index contributed by atoms with van der Waals surface area (Å²) in [7, 11) is 0. The van der Waals surface area contributed by atoms with Gasteiger partial charge in [0.05, 0.1) is 12.5 Å². The molecule has 2 amide bonds. The Balaban J connectivity index is 1.87. The summed E-state index contributed by atoms with van der Waals surface area (Å²) in [6.07, 6.45) is 5.69. The number of nitrogens with one attached hydrogen (secondary N) is 3. The lowest BCUT2D eigenvalue weighted by Gasteiger charge is -2.32. The van der Waals surface area contributed by atoms with Gasteiger partial charge in [-0.15, -0.1) is 0 Å². The number of ether oxygens (including phenoxy) is 1. The highest BCUT2D eigenvalue weighted by atomic mass is 79.9.